The van der Waals surface area contributed by atoms with Gasteiger partial charge in [-0.15, -0.1) is 0 Å². The van der Waals surface area contributed by atoms with Crippen LogP contribution in [0.5, 0.6) is 0 Å². The number of rotatable bonds is 3. The molecule has 0 unspecified atom stereocenters. The third-order valence-corrected chi connectivity index (χ3v) is 3.75. The average Bonchev–Trinajstić information content (AvgIpc) is 2.21. The average molecular weight is 232 g/mol. The zero-order valence-electron chi connectivity index (χ0n) is 9.18. The monoisotopic (exact) mass is 232 g/mol. The fourth-order valence-electron chi connectivity index (χ4n) is 2.86. The minimum absolute atomic E-state index is 0.357. The van der Waals surface area contributed by atoms with Crippen LogP contribution in [-0.2, 0) is 9.53 Å². The number of esters is 1. The zero-order valence-corrected chi connectivity index (χ0v) is 9.18. The number of ether oxygens (including phenoxy) is 1. The van der Waals surface area contributed by atoms with Gasteiger partial charge in [0.1, 0.15) is 5.60 Å². The van der Waals surface area contributed by atoms with Crippen molar-refractivity contribution in [3.8, 4) is 0 Å². The molecular formula is C13H12O4. The van der Waals surface area contributed by atoms with Crippen molar-refractivity contribution in [2.75, 3.05) is 0 Å². The van der Waals surface area contributed by atoms with E-state index in [-0.39, 0.29) is 5.97 Å². The second-order valence-corrected chi connectivity index (χ2v) is 5.05. The Morgan fingerprint density at radius 2 is 1.71 bits per heavy atom. The van der Waals surface area contributed by atoms with Crippen molar-refractivity contribution in [1.29, 1.82) is 0 Å². The van der Waals surface area contributed by atoms with Gasteiger partial charge in [-0.25, -0.2) is 4.79 Å². The van der Waals surface area contributed by atoms with E-state index in [1.165, 1.54) is 0 Å². The van der Waals surface area contributed by atoms with Crippen LogP contribution in [0.1, 0.15) is 29.6 Å². The Kier molecular flexibility index (Phi) is 1.88. The van der Waals surface area contributed by atoms with E-state index in [4.69, 9.17) is 9.84 Å². The predicted molar refractivity (Wildman–Crippen MR) is 58.5 cm³/mol. The molecule has 3 fully saturated rings. The highest BCUT2D eigenvalue weighted by atomic mass is 16.6. The molecule has 0 heterocycles. The lowest BCUT2D eigenvalue weighted by molar-refractivity contribution is -0.259. The molecule has 1 N–H and O–H groups in total. The summed E-state index contributed by atoms with van der Waals surface area (Å²) in [5, 5.41) is 8.96. The third-order valence-electron chi connectivity index (χ3n) is 3.75. The van der Waals surface area contributed by atoms with Gasteiger partial charge < -0.3 is 9.84 Å². The molecule has 0 atom stereocenters. The lowest BCUT2D eigenvalue weighted by Gasteiger charge is -2.66. The summed E-state index contributed by atoms with van der Waals surface area (Å²) in [4.78, 5) is 22.7. The minimum atomic E-state index is -0.768. The van der Waals surface area contributed by atoms with Crippen molar-refractivity contribution in [2.24, 2.45) is 5.41 Å². The van der Waals surface area contributed by atoms with E-state index in [2.05, 4.69) is 0 Å². The number of aliphatic carboxylic acids is 1. The number of carboxylic acids is 1. The number of carbonyl (C=O) groups excluding carboxylic acids is 1. The minimum Gasteiger partial charge on any atom is -0.481 e. The van der Waals surface area contributed by atoms with Gasteiger partial charge in [-0.2, -0.15) is 0 Å². The predicted octanol–water partition coefficient (Wildman–Crippen LogP) is 1.85. The Morgan fingerprint density at radius 1 is 1.12 bits per heavy atom. The third kappa shape index (κ3) is 1.37. The van der Waals surface area contributed by atoms with Gasteiger partial charge in [0.25, 0.3) is 0 Å². The van der Waals surface area contributed by atoms with Gasteiger partial charge in [0, 0.05) is 19.3 Å². The van der Waals surface area contributed by atoms with Gasteiger partial charge in [-0.05, 0) is 12.1 Å². The first-order valence-corrected chi connectivity index (χ1v) is 5.57. The van der Waals surface area contributed by atoms with Crippen LogP contribution in [0.4, 0.5) is 0 Å². The molecule has 1 aromatic carbocycles. The first-order valence-electron chi connectivity index (χ1n) is 5.57. The first kappa shape index (κ1) is 10.3. The van der Waals surface area contributed by atoms with E-state index in [9.17, 15) is 9.59 Å². The Labute approximate surface area is 98.2 Å². The van der Waals surface area contributed by atoms with Crippen molar-refractivity contribution in [1.82, 2.24) is 0 Å². The molecule has 88 valence electrons. The summed E-state index contributed by atoms with van der Waals surface area (Å²) in [6.07, 6.45) is 1.40. The van der Waals surface area contributed by atoms with Gasteiger partial charge in [0.15, 0.2) is 0 Å². The SMILES string of the molecule is O=C(OC12CC(C(=O)O)(C1)C2)c1ccccc1. The fourth-order valence-corrected chi connectivity index (χ4v) is 2.86. The lowest BCUT2D eigenvalue weighted by Crippen LogP contribution is -2.71. The lowest BCUT2D eigenvalue weighted by atomic mass is 9.41. The number of carbonyl (C=O) groups is 2. The first-order chi connectivity index (χ1) is 8.05. The summed E-state index contributed by atoms with van der Waals surface area (Å²) < 4.78 is 5.40. The van der Waals surface area contributed by atoms with E-state index in [1.807, 2.05) is 6.07 Å². The van der Waals surface area contributed by atoms with Crippen LogP contribution in [0.2, 0.25) is 0 Å². The molecule has 3 aliphatic carbocycles. The van der Waals surface area contributed by atoms with E-state index < -0.39 is 17.0 Å². The topological polar surface area (TPSA) is 63.6 Å². The van der Waals surface area contributed by atoms with E-state index in [0.717, 1.165) is 0 Å². The highest BCUT2D eigenvalue weighted by Crippen LogP contribution is 2.69. The molecule has 4 heteroatoms. The van der Waals surface area contributed by atoms with E-state index >= 15 is 0 Å². The van der Waals surface area contributed by atoms with Gasteiger partial charge in [-0.1, -0.05) is 18.2 Å². The van der Waals surface area contributed by atoms with Crippen LogP contribution in [0.15, 0.2) is 30.3 Å². The molecule has 0 amide bonds. The van der Waals surface area contributed by atoms with E-state index in [1.54, 1.807) is 24.3 Å². The number of carboxylic acid groups (broad SMARTS) is 1. The van der Waals surface area contributed by atoms with Gasteiger partial charge in [-0.3, -0.25) is 4.79 Å². The van der Waals surface area contributed by atoms with Crippen LogP contribution >= 0.6 is 0 Å². The highest BCUT2D eigenvalue weighted by molar-refractivity contribution is 5.90. The molecule has 4 nitrogen and oxygen atoms in total. The molecule has 3 aliphatic rings. The number of hydrogen-bond donors (Lipinski definition) is 1. The van der Waals surface area contributed by atoms with Gasteiger partial charge >= 0.3 is 11.9 Å². The molecule has 3 saturated carbocycles. The molecular weight excluding hydrogens is 220 g/mol. The molecule has 0 saturated heterocycles. The summed E-state index contributed by atoms with van der Waals surface area (Å²) in [5.74, 6) is -1.13. The van der Waals surface area contributed by atoms with Crippen molar-refractivity contribution in [3.05, 3.63) is 35.9 Å². The van der Waals surface area contributed by atoms with Crippen molar-refractivity contribution in [3.63, 3.8) is 0 Å². The van der Waals surface area contributed by atoms with Crippen molar-refractivity contribution in [2.45, 2.75) is 24.9 Å². The van der Waals surface area contributed by atoms with Crippen molar-refractivity contribution < 1.29 is 19.4 Å². The van der Waals surface area contributed by atoms with Crippen LogP contribution in [-0.4, -0.2) is 22.6 Å². The Morgan fingerprint density at radius 3 is 2.24 bits per heavy atom. The van der Waals surface area contributed by atoms with Crippen LogP contribution < -0.4 is 0 Å². The highest BCUT2D eigenvalue weighted by Gasteiger charge is 2.74. The number of hydrogen-bond acceptors (Lipinski definition) is 3. The number of benzene rings is 1. The van der Waals surface area contributed by atoms with Gasteiger partial charge in [0.2, 0.25) is 0 Å². The summed E-state index contributed by atoms with van der Waals surface area (Å²) in [6, 6.07) is 8.77. The Balaban J connectivity index is 1.65. The zero-order chi connectivity index (χ0) is 12.1. The van der Waals surface area contributed by atoms with E-state index in [0.29, 0.717) is 24.8 Å². The van der Waals surface area contributed by atoms with Crippen LogP contribution in [0, 0.1) is 5.41 Å². The second-order valence-electron chi connectivity index (χ2n) is 5.05. The second kappa shape index (κ2) is 3.09. The Bertz CT molecular complexity index is 472. The molecule has 0 spiro atoms. The molecule has 1 aromatic rings. The summed E-state index contributed by atoms with van der Waals surface area (Å²) >= 11 is 0. The smallest absolute Gasteiger partial charge is 0.338 e. The fraction of sp³-hybridized carbons (Fsp3) is 0.385. The maximum atomic E-state index is 11.8. The normalized spacial score (nSPS) is 33.2. The van der Waals surface area contributed by atoms with Gasteiger partial charge in [0.05, 0.1) is 11.0 Å². The summed E-state index contributed by atoms with van der Waals surface area (Å²) in [6.45, 7) is 0. The maximum Gasteiger partial charge on any atom is 0.338 e. The summed E-state index contributed by atoms with van der Waals surface area (Å²) in [7, 11) is 0. The quantitative estimate of drug-likeness (QED) is 0.808. The maximum absolute atomic E-state index is 11.8. The van der Waals surface area contributed by atoms with Crippen molar-refractivity contribution >= 4 is 11.9 Å². The van der Waals surface area contributed by atoms with Crippen LogP contribution in [0.3, 0.4) is 0 Å². The molecule has 17 heavy (non-hydrogen) atoms. The van der Waals surface area contributed by atoms with Crippen LogP contribution in [0.25, 0.3) is 0 Å². The molecule has 4 rings (SSSR count). The molecule has 0 radical (unpaired) electrons. The molecule has 0 aromatic heterocycles. The Hall–Kier alpha value is -1.84. The standard InChI is InChI=1S/C13H12O4/c14-10(9-4-2-1-3-5-9)17-13-6-12(7-13,8-13)11(15)16/h1-5H,6-8H2,(H,15,16). The summed E-state index contributed by atoms with van der Waals surface area (Å²) in [5.41, 5.74) is -0.580. The largest absolute Gasteiger partial charge is 0.481 e. The molecule has 2 bridgehead atoms. The molecule has 0 aliphatic heterocycles.